The first-order valence-corrected chi connectivity index (χ1v) is 18.0. The van der Waals surface area contributed by atoms with Gasteiger partial charge in [-0.2, -0.15) is 0 Å². The van der Waals surface area contributed by atoms with E-state index in [-0.39, 0.29) is 34.6 Å². The SMILES string of the molecule is O=C(NCC(C(=O)Nc1cc(-c2nnn[nH]2)cc(-c2nnn[nH]2)c1)c1ccccc1F)c1cc2nc[nH]c2cc1C(=O)NCC12CC3CC(CC(C3)C1)C2. The van der Waals surface area contributed by atoms with E-state index < -0.39 is 23.5 Å². The van der Waals surface area contributed by atoms with Crippen LogP contribution in [0.25, 0.3) is 33.8 Å². The van der Waals surface area contributed by atoms with Gasteiger partial charge in [0, 0.05) is 35.5 Å². The third-order valence-corrected chi connectivity index (χ3v) is 11.3. The van der Waals surface area contributed by atoms with Crippen molar-refractivity contribution in [2.75, 3.05) is 18.4 Å². The Balaban J connectivity index is 0.969. The molecule has 4 aliphatic carbocycles. The second kappa shape index (κ2) is 13.5. The Bertz CT molecular complexity index is 2270. The number of tetrazole rings is 2. The molecular weight excluding hydrogens is 693 g/mol. The zero-order chi connectivity index (χ0) is 36.8. The minimum atomic E-state index is -1.18. The molecule has 1 unspecified atom stereocenters. The first kappa shape index (κ1) is 33.4. The third-order valence-electron chi connectivity index (χ3n) is 11.3. The molecule has 54 heavy (non-hydrogen) atoms. The van der Waals surface area contributed by atoms with Crippen molar-refractivity contribution in [3.8, 4) is 22.8 Å². The van der Waals surface area contributed by atoms with Gasteiger partial charge in [-0.25, -0.2) is 19.6 Å². The predicted molar refractivity (Wildman–Crippen MR) is 192 cm³/mol. The lowest BCUT2D eigenvalue weighted by Crippen LogP contribution is -2.51. The zero-order valence-corrected chi connectivity index (χ0v) is 29.0. The van der Waals surface area contributed by atoms with Crippen molar-refractivity contribution in [2.24, 2.45) is 23.2 Å². The number of anilines is 1. The van der Waals surface area contributed by atoms with Gasteiger partial charge < -0.3 is 20.9 Å². The Kier molecular flexibility index (Phi) is 8.39. The Morgan fingerprint density at radius 1 is 0.815 bits per heavy atom. The number of nitrogens with one attached hydrogen (secondary N) is 6. The summed E-state index contributed by atoms with van der Waals surface area (Å²) in [5, 5.41) is 36.7. The molecule has 17 heteroatoms. The van der Waals surface area contributed by atoms with Crippen molar-refractivity contribution in [1.29, 1.82) is 0 Å². The van der Waals surface area contributed by atoms with Gasteiger partial charge in [-0.1, -0.05) is 18.2 Å². The van der Waals surface area contributed by atoms with Crippen LogP contribution in [0.15, 0.2) is 60.9 Å². The van der Waals surface area contributed by atoms with E-state index in [0.29, 0.717) is 46.0 Å². The summed E-state index contributed by atoms with van der Waals surface area (Å²) in [6.45, 7) is 0.277. The molecule has 1 atom stereocenters. The van der Waals surface area contributed by atoms with Crippen LogP contribution in [-0.4, -0.2) is 82.0 Å². The molecule has 3 aromatic heterocycles. The quantitative estimate of drug-likeness (QED) is 0.112. The summed E-state index contributed by atoms with van der Waals surface area (Å²) in [7, 11) is 0. The molecule has 16 nitrogen and oxygen atoms in total. The highest BCUT2D eigenvalue weighted by Gasteiger charge is 2.50. The monoisotopic (exact) mass is 729 g/mol. The van der Waals surface area contributed by atoms with Crippen LogP contribution in [0.5, 0.6) is 0 Å². The van der Waals surface area contributed by atoms with Gasteiger partial charge in [0.2, 0.25) is 5.91 Å². The molecule has 0 aliphatic heterocycles. The average Bonchev–Trinajstić information content (AvgIpc) is 3.97. The van der Waals surface area contributed by atoms with E-state index in [1.165, 1.54) is 43.8 Å². The van der Waals surface area contributed by atoms with Crippen molar-refractivity contribution in [3.63, 3.8) is 0 Å². The number of fused-ring (bicyclic) bond motifs is 1. The van der Waals surface area contributed by atoms with Crippen molar-refractivity contribution in [2.45, 2.75) is 44.4 Å². The summed E-state index contributed by atoms with van der Waals surface area (Å²) in [6.07, 6.45) is 8.79. The van der Waals surface area contributed by atoms with Gasteiger partial charge in [-0.3, -0.25) is 14.4 Å². The molecule has 10 rings (SSSR count). The van der Waals surface area contributed by atoms with Crippen molar-refractivity contribution in [1.82, 2.24) is 61.8 Å². The number of nitrogens with zero attached hydrogens (tertiary/aromatic N) is 7. The number of imidazole rings is 1. The van der Waals surface area contributed by atoms with Gasteiger partial charge in [0.05, 0.1) is 34.4 Å². The van der Waals surface area contributed by atoms with E-state index in [9.17, 15) is 14.4 Å². The van der Waals surface area contributed by atoms with Crippen LogP contribution >= 0.6 is 0 Å². The molecule has 4 saturated carbocycles. The van der Waals surface area contributed by atoms with Gasteiger partial charge in [0.15, 0.2) is 11.6 Å². The average molecular weight is 730 g/mol. The van der Waals surface area contributed by atoms with Crippen LogP contribution in [0.1, 0.15) is 70.7 Å². The van der Waals surface area contributed by atoms with Gasteiger partial charge in [0.25, 0.3) is 11.8 Å². The fourth-order valence-electron chi connectivity index (χ4n) is 9.38. The number of hydrogen-bond donors (Lipinski definition) is 6. The minimum absolute atomic E-state index is 0.0711. The first-order chi connectivity index (χ1) is 26.3. The highest BCUT2D eigenvalue weighted by Crippen LogP contribution is 2.59. The van der Waals surface area contributed by atoms with Crippen molar-refractivity contribution >= 4 is 34.4 Å². The highest BCUT2D eigenvalue weighted by molar-refractivity contribution is 6.10. The lowest BCUT2D eigenvalue weighted by molar-refractivity contribution is -0.117. The van der Waals surface area contributed by atoms with E-state index in [0.717, 1.165) is 37.0 Å². The molecule has 4 aliphatic rings. The molecule has 3 heterocycles. The van der Waals surface area contributed by atoms with Gasteiger partial charge >= 0.3 is 0 Å². The van der Waals surface area contributed by atoms with Crippen molar-refractivity contribution < 1.29 is 18.8 Å². The van der Waals surface area contributed by atoms with E-state index >= 15 is 4.39 Å². The predicted octanol–water partition coefficient (Wildman–Crippen LogP) is 4.16. The maximum absolute atomic E-state index is 15.3. The summed E-state index contributed by atoms with van der Waals surface area (Å²) in [6, 6.07) is 14.1. The Labute approximate surface area is 306 Å². The molecule has 3 amide bonds. The second-order valence-electron chi connectivity index (χ2n) is 15.0. The van der Waals surface area contributed by atoms with Crippen LogP contribution < -0.4 is 16.0 Å². The Hall–Kier alpha value is -6.39. The number of carbonyl (C=O) groups excluding carboxylic acids is 3. The van der Waals surface area contributed by atoms with Crippen molar-refractivity contribution in [3.05, 3.63) is 83.4 Å². The van der Waals surface area contributed by atoms with E-state index in [1.807, 2.05) is 0 Å². The molecule has 6 N–H and O–H groups in total. The molecule has 4 bridgehead atoms. The summed E-state index contributed by atoms with van der Waals surface area (Å²) < 4.78 is 15.3. The lowest BCUT2D eigenvalue weighted by Gasteiger charge is -2.56. The molecule has 4 fully saturated rings. The van der Waals surface area contributed by atoms with Gasteiger partial charge in [-0.15, -0.1) is 10.2 Å². The second-order valence-corrected chi connectivity index (χ2v) is 15.0. The number of amides is 3. The number of aromatic amines is 3. The maximum Gasteiger partial charge on any atom is 0.252 e. The fraction of sp³-hybridized carbons (Fsp3) is 0.351. The normalized spacial score (nSPS) is 21.9. The van der Waals surface area contributed by atoms with Crippen LogP contribution in [-0.2, 0) is 4.79 Å². The third kappa shape index (κ3) is 6.45. The lowest BCUT2D eigenvalue weighted by atomic mass is 9.49. The first-order valence-electron chi connectivity index (χ1n) is 18.0. The molecule has 6 aromatic rings. The Morgan fingerprint density at radius 3 is 2.07 bits per heavy atom. The van der Waals surface area contributed by atoms with E-state index in [1.54, 1.807) is 36.4 Å². The van der Waals surface area contributed by atoms with E-state index in [2.05, 4.69) is 67.2 Å². The molecular formula is C37H36FN13O3. The van der Waals surface area contributed by atoms with Crippen LogP contribution in [0, 0.1) is 29.0 Å². The standard InChI is InChI=1S/C37H36FN13O3/c38-29-4-2-1-3-25(29)28(36(54)43-24-9-22(32-44-48-49-45-32)8-23(10-24)33-46-50-51-47-33)16-39-34(52)26-11-30-31(42-18-41-30)12-27(26)35(53)40-17-37-13-19-5-20(14-37)7-21(6-19)15-37/h1-4,8-12,18-21,28H,5-7,13-17H2,(H,39,52)(H,40,53)(H,41,42)(H,43,54)(H,44,45,48,49)(H,46,47,50,51). The molecule has 0 radical (unpaired) electrons. The number of H-pyrrole nitrogens is 3. The largest absolute Gasteiger partial charge is 0.351 e. The fourth-order valence-corrected chi connectivity index (χ4v) is 9.38. The number of rotatable bonds is 11. The number of carbonyl (C=O) groups is 3. The Morgan fingerprint density at radius 2 is 1.44 bits per heavy atom. The molecule has 3 aromatic carbocycles. The smallest absolute Gasteiger partial charge is 0.252 e. The minimum Gasteiger partial charge on any atom is -0.351 e. The molecule has 0 spiro atoms. The number of aromatic nitrogens is 10. The van der Waals surface area contributed by atoms with E-state index in [4.69, 9.17) is 0 Å². The summed E-state index contributed by atoms with van der Waals surface area (Å²) in [5.41, 5.74) is 2.92. The van der Waals surface area contributed by atoms with Crippen LogP contribution in [0.4, 0.5) is 10.1 Å². The number of hydrogen-bond acceptors (Lipinski definition) is 10. The summed E-state index contributed by atoms with van der Waals surface area (Å²) >= 11 is 0. The topological polar surface area (TPSA) is 225 Å². The number of benzene rings is 3. The molecule has 274 valence electrons. The van der Waals surface area contributed by atoms with Gasteiger partial charge in [0.1, 0.15) is 5.82 Å². The van der Waals surface area contributed by atoms with Crippen LogP contribution in [0.3, 0.4) is 0 Å². The summed E-state index contributed by atoms with van der Waals surface area (Å²) in [4.78, 5) is 49.3. The zero-order valence-electron chi connectivity index (χ0n) is 29.0. The van der Waals surface area contributed by atoms with Crippen LogP contribution in [0.2, 0.25) is 0 Å². The highest BCUT2D eigenvalue weighted by atomic mass is 19.1. The maximum atomic E-state index is 15.3. The number of halogens is 1. The summed E-state index contributed by atoms with van der Waals surface area (Å²) in [5.74, 6) is -0.509. The van der Waals surface area contributed by atoms with Gasteiger partial charge in [-0.05, 0) is 119 Å². The molecule has 0 saturated heterocycles.